The molecule has 2 rings (SSSR count). The molecule has 0 aliphatic carbocycles. The van der Waals surface area contributed by atoms with Gasteiger partial charge in [-0.25, -0.2) is 0 Å². The van der Waals surface area contributed by atoms with Crippen molar-refractivity contribution in [2.45, 2.75) is 38.4 Å². The number of piperidine rings is 1. The highest BCUT2D eigenvalue weighted by molar-refractivity contribution is 5.37. The van der Waals surface area contributed by atoms with E-state index in [0.29, 0.717) is 6.54 Å². The van der Waals surface area contributed by atoms with Gasteiger partial charge in [0.25, 0.3) is 0 Å². The monoisotopic (exact) mass is 264 g/mol. The minimum absolute atomic E-state index is 0.235. The third-order valence-electron chi connectivity index (χ3n) is 3.91. The Morgan fingerprint density at radius 1 is 1.42 bits per heavy atom. The van der Waals surface area contributed by atoms with Crippen molar-refractivity contribution in [3.05, 3.63) is 29.3 Å². The van der Waals surface area contributed by atoms with Crippen molar-refractivity contribution >= 4 is 0 Å². The first-order valence-electron chi connectivity index (χ1n) is 6.99. The second kappa shape index (κ2) is 6.89. The predicted octanol–water partition coefficient (Wildman–Crippen LogP) is 1.50. The number of ether oxygens (including phenoxy) is 1. The molecule has 106 valence electrons. The van der Waals surface area contributed by atoms with E-state index in [9.17, 15) is 5.11 Å². The maximum atomic E-state index is 9.47. The Morgan fingerprint density at radius 3 is 2.95 bits per heavy atom. The SMILES string of the molecule is COc1ccc(CN)cc1CN1CCCCC1CO. The maximum Gasteiger partial charge on any atom is 0.123 e. The summed E-state index contributed by atoms with van der Waals surface area (Å²) >= 11 is 0. The highest BCUT2D eigenvalue weighted by atomic mass is 16.5. The molecule has 1 fully saturated rings. The van der Waals surface area contributed by atoms with Crippen molar-refractivity contribution < 1.29 is 9.84 Å². The number of hydrogen-bond donors (Lipinski definition) is 2. The van der Waals surface area contributed by atoms with Crippen LogP contribution in [0.1, 0.15) is 30.4 Å². The molecule has 1 heterocycles. The van der Waals surface area contributed by atoms with Gasteiger partial charge in [0, 0.05) is 24.7 Å². The van der Waals surface area contributed by atoms with Crippen LogP contribution in [-0.4, -0.2) is 36.3 Å². The molecular formula is C15H24N2O2. The zero-order valence-electron chi connectivity index (χ0n) is 11.6. The molecule has 1 aliphatic heterocycles. The third-order valence-corrected chi connectivity index (χ3v) is 3.91. The summed E-state index contributed by atoms with van der Waals surface area (Å²) < 4.78 is 5.43. The molecule has 19 heavy (non-hydrogen) atoms. The normalized spacial score (nSPS) is 20.5. The molecule has 1 aromatic carbocycles. The second-order valence-corrected chi connectivity index (χ2v) is 5.15. The van der Waals surface area contributed by atoms with Crippen LogP contribution in [0.2, 0.25) is 0 Å². The molecule has 4 nitrogen and oxygen atoms in total. The second-order valence-electron chi connectivity index (χ2n) is 5.15. The fourth-order valence-electron chi connectivity index (χ4n) is 2.78. The van der Waals surface area contributed by atoms with Gasteiger partial charge in [0.2, 0.25) is 0 Å². The van der Waals surface area contributed by atoms with E-state index < -0.39 is 0 Å². The topological polar surface area (TPSA) is 58.7 Å². The standard InChI is InChI=1S/C15H24N2O2/c1-19-15-6-5-12(9-16)8-13(15)10-17-7-3-2-4-14(17)11-18/h5-6,8,14,18H,2-4,7,9-11,16H2,1H3. The lowest BCUT2D eigenvalue weighted by molar-refractivity contribution is 0.0834. The van der Waals surface area contributed by atoms with E-state index in [1.165, 1.54) is 12.8 Å². The van der Waals surface area contributed by atoms with Crippen molar-refractivity contribution in [2.24, 2.45) is 5.73 Å². The van der Waals surface area contributed by atoms with E-state index in [0.717, 1.165) is 36.4 Å². The van der Waals surface area contributed by atoms with Crippen molar-refractivity contribution in [1.82, 2.24) is 4.90 Å². The Labute approximate surface area is 115 Å². The van der Waals surface area contributed by atoms with Gasteiger partial charge in [-0.15, -0.1) is 0 Å². The zero-order valence-corrected chi connectivity index (χ0v) is 11.6. The summed E-state index contributed by atoms with van der Waals surface area (Å²) in [6, 6.07) is 6.37. The van der Waals surface area contributed by atoms with Gasteiger partial charge in [-0.2, -0.15) is 0 Å². The third kappa shape index (κ3) is 3.47. The van der Waals surface area contributed by atoms with Crippen LogP contribution in [0.5, 0.6) is 5.75 Å². The number of rotatable bonds is 5. The number of nitrogens with zero attached hydrogens (tertiary/aromatic N) is 1. The molecular weight excluding hydrogens is 240 g/mol. The Balaban J connectivity index is 2.16. The Morgan fingerprint density at radius 2 is 2.26 bits per heavy atom. The first-order chi connectivity index (χ1) is 9.28. The fourth-order valence-corrected chi connectivity index (χ4v) is 2.78. The van der Waals surface area contributed by atoms with Gasteiger partial charge in [0.05, 0.1) is 13.7 Å². The Hall–Kier alpha value is -1.10. The van der Waals surface area contributed by atoms with Crippen LogP contribution in [-0.2, 0) is 13.1 Å². The van der Waals surface area contributed by atoms with Crippen LogP contribution in [0.25, 0.3) is 0 Å². The van der Waals surface area contributed by atoms with Crippen LogP contribution in [0.3, 0.4) is 0 Å². The zero-order chi connectivity index (χ0) is 13.7. The lowest BCUT2D eigenvalue weighted by Gasteiger charge is -2.34. The lowest BCUT2D eigenvalue weighted by atomic mass is 10.0. The molecule has 1 unspecified atom stereocenters. The van der Waals surface area contributed by atoms with Crippen LogP contribution >= 0.6 is 0 Å². The summed E-state index contributed by atoms with van der Waals surface area (Å²) in [6.07, 6.45) is 3.49. The summed E-state index contributed by atoms with van der Waals surface area (Å²) in [7, 11) is 1.70. The summed E-state index contributed by atoms with van der Waals surface area (Å²) in [4.78, 5) is 2.35. The average Bonchev–Trinajstić information content (AvgIpc) is 2.47. The van der Waals surface area contributed by atoms with Crippen LogP contribution in [0, 0.1) is 0 Å². The molecule has 1 aliphatic rings. The van der Waals surface area contributed by atoms with Gasteiger partial charge in [0.15, 0.2) is 0 Å². The van der Waals surface area contributed by atoms with Crippen LogP contribution in [0.4, 0.5) is 0 Å². The summed E-state index contributed by atoms with van der Waals surface area (Å²) in [6.45, 7) is 2.64. The minimum atomic E-state index is 0.235. The Bertz CT molecular complexity index is 409. The van der Waals surface area contributed by atoms with Gasteiger partial charge in [-0.05, 0) is 37.1 Å². The molecule has 0 radical (unpaired) electrons. The van der Waals surface area contributed by atoms with E-state index in [2.05, 4.69) is 11.0 Å². The average molecular weight is 264 g/mol. The smallest absolute Gasteiger partial charge is 0.123 e. The van der Waals surface area contributed by atoms with E-state index in [1.807, 2.05) is 12.1 Å². The van der Waals surface area contributed by atoms with Gasteiger partial charge >= 0.3 is 0 Å². The first-order valence-corrected chi connectivity index (χ1v) is 6.99. The molecule has 1 atom stereocenters. The largest absolute Gasteiger partial charge is 0.496 e. The lowest BCUT2D eigenvalue weighted by Crippen LogP contribution is -2.41. The molecule has 3 N–H and O–H groups in total. The number of benzene rings is 1. The molecule has 0 bridgehead atoms. The molecule has 4 heteroatoms. The van der Waals surface area contributed by atoms with Gasteiger partial charge in [-0.3, -0.25) is 4.90 Å². The van der Waals surface area contributed by atoms with Crippen LogP contribution < -0.4 is 10.5 Å². The Kier molecular flexibility index (Phi) is 5.19. The minimum Gasteiger partial charge on any atom is -0.496 e. The molecule has 1 aromatic rings. The van der Waals surface area contributed by atoms with Gasteiger partial charge < -0.3 is 15.6 Å². The number of methoxy groups -OCH3 is 1. The van der Waals surface area contributed by atoms with E-state index in [1.54, 1.807) is 7.11 Å². The summed E-state index contributed by atoms with van der Waals surface area (Å²) in [5.74, 6) is 0.902. The number of hydrogen-bond acceptors (Lipinski definition) is 4. The van der Waals surface area contributed by atoms with E-state index in [4.69, 9.17) is 10.5 Å². The quantitative estimate of drug-likeness (QED) is 0.846. The van der Waals surface area contributed by atoms with Crippen molar-refractivity contribution in [1.29, 1.82) is 0 Å². The van der Waals surface area contributed by atoms with E-state index >= 15 is 0 Å². The number of nitrogens with two attached hydrogens (primary N) is 1. The van der Waals surface area contributed by atoms with Crippen molar-refractivity contribution in [2.75, 3.05) is 20.3 Å². The molecule has 0 spiro atoms. The predicted molar refractivity (Wildman–Crippen MR) is 76.0 cm³/mol. The van der Waals surface area contributed by atoms with Crippen molar-refractivity contribution in [3.63, 3.8) is 0 Å². The molecule has 0 saturated carbocycles. The molecule has 0 amide bonds. The summed E-state index contributed by atoms with van der Waals surface area (Å²) in [5, 5.41) is 9.47. The van der Waals surface area contributed by atoms with Gasteiger partial charge in [-0.1, -0.05) is 12.5 Å². The number of aliphatic hydroxyl groups is 1. The van der Waals surface area contributed by atoms with Crippen molar-refractivity contribution in [3.8, 4) is 5.75 Å². The van der Waals surface area contributed by atoms with Crippen LogP contribution in [0.15, 0.2) is 18.2 Å². The highest BCUT2D eigenvalue weighted by Crippen LogP contribution is 2.25. The first kappa shape index (κ1) is 14.3. The molecule has 1 saturated heterocycles. The number of likely N-dealkylation sites (tertiary alicyclic amines) is 1. The van der Waals surface area contributed by atoms with Gasteiger partial charge in [0.1, 0.15) is 5.75 Å². The molecule has 0 aromatic heterocycles. The fraction of sp³-hybridized carbons (Fsp3) is 0.600. The number of aliphatic hydroxyl groups excluding tert-OH is 1. The maximum absolute atomic E-state index is 9.47. The summed E-state index contributed by atoms with van der Waals surface area (Å²) in [5.41, 5.74) is 7.98. The highest BCUT2D eigenvalue weighted by Gasteiger charge is 2.22. The van der Waals surface area contributed by atoms with E-state index in [-0.39, 0.29) is 12.6 Å².